The van der Waals surface area contributed by atoms with Crippen LogP contribution < -0.4 is 10.1 Å². The number of nitrogens with one attached hydrogen (secondary N) is 1. The van der Waals surface area contributed by atoms with Gasteiger partial charge in [0.15, 0.2) is 16.7 Å². The summed E-state index contributed by atoms with van der Waals surface area (Å²) >= 11 is 10.5. The first kappa shape index (κ1) is 19.8. The molecule has 2 aromatic rings. The number of thioether (sulfide) groups is 1. The van der Waals surface area contributed by atoms with Gasteiger partial charge in [-0.2, -0.15) is 0 Å². The molecule has 5 nitrogen and oxygen atoms in total. The third kappa shape index (κ3) is 4.66. The van der Waals surface area contributed by atoms with Gasteiger partial charge in [-0.3, -0.25) is 4.79 Å². The van der Waals surface area contributed by atoms with Crippen molar-refractivity contribution in [2.24, 2.45) is 4.99 Å². The van der Waals surface area contributed by atoms with Gasteiger partial charge >= 0.3 is 0 Å². The number of benzene rings is 2. The Morgan fingerprint density at radius 3 is 2.85 bits per heavy atom. The lowest BCUT2D eigenvalue weighted by atomic mass is 10.2. The van der Waals surface area contributed by atoms with E-state index in [1.807, 2.05) is 26.0 Å². The fraction of sp³-hybridized carbons (Fsp3) is 0.158. The molecule has 0 aromatic heterocycles. The van der Waals surface area contributed by atoms with Gasteiger partial charge < -0.3 is 15.2 Å². The van der Waals surface area contributed by atoms with Gasteiger partial charge in [0.1, 0.15) is 0 Å². The largest absolute Gasteiger partial charge is 0.503 e. The van der Waals surface area contributed by atoms with Gasteiger partial charge in [-0.1, -0.05) is 11.6 Å². The minimum atomic E-state index is -0.229. The van der Waals surface area contributed by atoms with E-state index in [9.17, 15) is 9.90 Å². The maximum Gasteiger partial charge on any atom is 0.264 e. The lowest BCUT2D eigenvalue weighted by molar-refractivity contribution is -0.115. The Balaban J connectivity index is 1.88. The quantitative estimate of drug-likeness (QED) is 0.590. The summed E-state index contributed by atoms with van der Waals surface area (Å²) < 4.78 is 5.92. The molecule has 1 amide bonds. The fourth-order valence-corrected chi connectivity index (χ4v) is 3.95. The first-order valence-corrected chi connectivity index (χ1v) is 10.1. The molecule has 1 aliphatic heterocycles. The summed E-state index contributed by atoms with van der Waals surface area (Å²) in [5.41, 5.74) is 2.39. The molecule has 1 saturated heterocycles. The molecular formula is C19H16BrClN2O3S. The van der Waals surface area contributed by atoms with Crippen LogP contribution in [-0.2, 0) is 4.79 Å². The van der Waals surface area contributed by atoms with E-state index in [0.29, 0.717) is 31.9 Å². The second-order valence-corrected chi connectivity index (χ2v) is 8.02. The standard InChI is InChI=1S/C19H16BrClN2O3S/c1-3-26-15-8-11(7-13(20)17(15)24)9-16-18(25)23-19(27-16)22-14-5-4-12(21)6-10(14)2/h4-9,24H,3H2,1-2H3,(H,22,23,25)/b16-9-. The number of ether oxygens (including phenoxy) is 1. The summed E-state index contributed by atoms with van der Waals surface area (Å²) in [6.45, 7) is 4.17. The van der Waals surface area contributed by atoms with Crippen molar-refractivity contribution in [3.63, 3.8) is 0 Å². The summed E-state index contributed by atoms with van der Waals surface area (Å²) in [6.07, 6.45) is 1.73. The van der Waals surface area contributed by atoms with Crippen molar-refractivity contribution in [3.8, 4) is 11.5 Å². The van der Waals surface area contributed by atoms with E-state index in [2.05, 4.69) is 26.2 Å². The molecule has 0 unspecified atom stereocenters. The van der Waals surface area contributed by atoms with Gasteiger partial charge in [0.25, 0.3) is 5.91 Å². The first-order valence-electron chi connectivity index (χ1n) is 8.08. The summed E-state index contributed by atoms with van der Waals surface area (Å²) in [4.78, 5) is 17.3. The van der Waals surface area contributed by atoms with Crippen molar-refractivity contribution >= 4 is 62.1 Å². The smallest absolute Gasteiger partial charge is 0.264 e. The molecule has 140 valence electrons. The summed E-state index contributed by atoms with van der Waals surface area (Å²) in [5, 5.41) is 13.9. The topological polar surface area (TPSA) is 70.9 Å². The summed E-state index contributed by atoms with van der Waals surface area (Å²) in [7, 11) is 0. The molecule has 0 aliphatic carbocycles. The molecule has 0 saturated carbocycles. The zero-order valence-corrected chi connectivity index (χ0v) is 17.7. The van der Waals surface area contributed by atoms with Crippen molar-refractivity contribution in [1.29, 1.82) is 0 Å². The number of rotatable bonds is 4. The van der Waals surface area contributed by atoms with Gasteiger partial charge in [-0.15, -0.1) is 0 Å². The minimum absolute atomic E-state index is 0.0305. The second-order valence-electron chi connectivity index (χ2n) is 5.70. The van der Waals surface area contributed by atoms with E-state index in [4.69, 9.17) is 16.3 Å². The third-order valence-corrected chi connectivity index (χ3v) is 5.43. The molecule has 0 bridgehead atoms. The molecule has 0 spiro atoms. The predicted molar refractivity (Wildman–Crippen MR) is 114 cm³/mol. The zero-order valence-electron chi connectivity index (χ0n) is 14.5. The number of phenolic OH excluding ortho intramolecular Hbond substituents is 1. The maximum absolute atomic E-state index is 12.3. The molecule has 1 heterocycles. The van der Waals surface area contributed by atoms with Crippen LogP contribution in [0.1, 0.15) is 18.1 Å². The van der Waals surface area contributed by atoms with E-state index in [-0.39, 0.29) is 11.7 Å². The first-order chi connectivity index (χ1) is 12.9. The van der Waals surface area contributed by atoms with E-state index >= 15 is 0 Å². The highest BCUT2D eigenvalue weighted by Crippen LogP contribution is 2.37. The molecule has 2 aromatic carbocycles. The number of hydrogen-bond acceptors (Lipinski definition) is 5. The lowest BCUT2D eigenvalue weighted by Gasteiger charge is -2.08. The van der Waals surface area contributed by atoms with Crippen molar-refractivity contribution in [2.45, 2.75) is 13.8 Å². The molecule has 0 atom stereocenters. The Labute approximate surface area is 174 Å². The Morgan fingerprint density at radius 2 is 2.15 bits per heavy atom. The van der Waals surface area contributed by atoms with E-state index in [0.717, 1.165) is 16.8 Å². The Bertz CT molecular complexity index is 976. The van der Waals surface area contributed by atoms with Gasteiger partial charge in [-0.05, 0) is 89.1 Å². The van der Waals surface area contributed by atoms with Crippen molar-refractivity contribution in [2.75, 3.05) is 6.61 Å². The normalized spacial score (nSPS) is 16.8. The molecule has 0 radical (unpaired) electrons. The van der Waals surface area contributed by atoms with Crippen molar-refractivity contribution < 1.29 is 14.6 Å². The van der Waals surface area contributed by atoms with Crippen LogP contribution in [0.5, 0.6) is 11.5 Å². The Hall–Kier alpha value is -1.96. The average molecular weight is 468 g/mol. The minimum Gasteiger partial charge on any atom is -0.503 e. The van der Waals surface area contributed by atoms with Crippen LogP contribution in [0.15, 0.2) is 44.7 Å². The summed E-state index contributed by atoms with van der Waals surface area (Å²) in [6, 6.07) is 8.79. The van der Waals surface area contributed by atoms with E-state index in [1.54, 1.807) is 24.3 Å². The number of nitrogens with zero attached hydrogens (tertiary/aromatic N) is 1. The number of phenols is 1. The van der Waals surface area contributed by atoms with Gasteiger partial charge in [0.05, 0.1) is 21.7 Å². The van der Waals surface area contributed by atoms with Crippen LogP contribution in [0.4, 0.5) is 5.69 Å². The highest BCUT2D eigenvalue weighted by atomic mass is 79.9. The van der Waals surface area contributed by atoms with Crippen LogP contribution in [0.3, 0.4) is 0 Å². The molecule has 27 heavy (non-hydrogen) atoms. The average Bonchev–Trinajstić information content (AvgIpc) is 2.94. The predicted octanol–water partition coefficient (Wildman–Crippen LogP) is 5.41. The number of amidine groups is 1. The van der Waals surface area contributed by atoms with Gasteiger partial charge in [0.2, 0.25) is 0 Å². The van der Waals surface area contributed by atoms with E-state index in [1.165, 1.54) is 11.8 Å². The van der Waals surface area contributed by atoms with E-state index < -0.39 is 0 Å². The maximum atomic E-state index is 12.3. The van der Waals surface area contributed by atoms with Gasteiger partial charge in [0, 0.05) is 5.02 Å². The van der Waals surface area contributed by atoms with Gasteiger partial charge in [-0.25, -0.2) is 4.99 Å². The fourth-order valence-electron chi connectivity index (χ4n) is 2.43. The molecule has 1 fully saturated rings. The summed E-state index contributed by atoms with van der Waals surface area (Å²) in [5.74, 6) is 0.156. The van der Waals surface area contributed by atoms with Crippen LogP contribution >= 0.6 is 39.3 Å². The Kier molecular flexibility index (Phi) is 6.14. The van der Waals surface area contributed by atoms with Crippen LogP contribution in [0, 0.1) is 6.92 Å². The molecule has 3 rings (SSSR count). The SMILES string of the molecule is CCOc1cc(/C=C2\SC(=Nc3ccc(Cl)cc3C)NC2=O)cc(Br)c1O. The van der Waals surface area contributed by atoms with Crippen LogP contribution in [0.2, 0.25) is 5.02 Å². The lowest BCUT2D eigenvalue weighted by Crippen LogP contribution is -2.19. The highest BCUT2D eigenvalue weighted by molar-refractivity contribution is 9.10. The number of carbonyl (C=O) groups excluding carboxylic acids is 1. The number of aliphatic imine (C=N–C) groups is 1. The number of amides is 1. The monoisotopic (exact) mass is 466 g/mol. The second kappa shape index (κ2) is 8.37. The van der Waals surface area contributed by atoms with Crippen LogP contribution in [-0.4, -0.2) is 22.8 Å². The molecular weight excluding hydrogens is 452 g/mol. The number of aromatic hydroxyl groups is 1. The number of hydrogen-bond donors (Lipinski definition) is 2. The van der Waals surface area contributed by atoms with Crippen LogP contribution in [0.25, 0.3) is 6.08 Å². The zero-order chi connectivity index (χ0) is 19.6. The van der Waals surface area contributed by atoms with Crippen molar-refractivity contribution in [1.82, 2.24) is 5.32 Å². The highest BCUT2D eigenvalue weighted by Gasteiger charge is 2.24. The molecule has 1 aliphatic rings. The number of aryl methyl sites for hydroxylation is 1. The van der Waals surface area contributed by atoms with Crippen molar-refractivity contribution in [3.05, 3.63) is 55.9 Å². The molecule has 2 N–H and O–H groups in total. The third-order valence-electron chi connectivity index (χ3n) is 3.68. The number of carbonyl (C=O) groups is 1. The molecule has 8 heteroatoms. The Morgan fingerprint density at radius 1 is 1.37 bits per heavy atom. The number of halogens is 2.